The smallest absolute Gasteiger partial charge is 0.326 e. The van der Waals surface area contributed by atoms with Crippen LogP contribution in [0, 0.1) is 0 Å². The number of hydrogen-bond donors (Lipinski definition) is 1. The maximum atomic E-state index is 12.4. The molecule has 2 heterocycles. The lowest BCUT2D eigenvalue weighted by Crippen LogP contribution is -2.48. The summed E-state index contributed by atoms with van der Waals surface area (Å²) in [5.74, 6) is -1.21. The number of hydrogen-bond acceptors (Lipinski definition) is 3. The van der Waals surface area contributed by atoms with Gasteiger partial charge in [0.2, 0.25) is 0 Å². The Balaban J connectivity index is 2.23. The Labute approximate surface area is 112 Å². The Hall–Kier alpha value is -1.91. The zero-order valence-electron chi connectivity index (χ0n) is 11.0. The van der Waals surface area contributed by atoms with Crippen molar-refractivity contribution in [3.63, 3.8) is 0 Å². The van der Waals surface area contributed by atoms with Gasteiger partial charge in [0, 0.05) is 12.7 Å². The molecule has 102 valence electrons. The van der Waals surface area contributed by atoms with Gasteiger partial charge in [0.05, 0.1) is 0 Å². The molecule has 1 aromatic heterocycles. The van der Waals surface area contributed by atoms with Crippen LogP contribution in [-0.2, 0) is 11.2 Å². The normalized spacial score (nSPS) is 19.2. The molecule has 1 aliphatic heterocycles. The molecule has 1 atom stereocenters. The van der Waals surface area contributed by atoms with Crippen LogP contribution in [0.1, 0.15) is 42.2 Å². The largest absolute Gasteiger partial charge is 0.480 e. The number of carbonyl (C=O) groups is 2. The second kappa shape index (κ2) is 5.82. The number of aliphatic carboxylic acids is 1. The van der Waals surface area contributed by atoms with Gasteiger partial charge in [-0.25, -0.2) is 4.79 Å². The summed E-state index contributed by atoms with van der Waals surface area (Å²) in [5.41, 5.74) is 1.37. The van der Waals surface area contributed by atoms with Crippen molar-refractivity contribution < 1.29 is 14.7 Å². The molecule has 5 heteroatoms. The van der Waals surface area contributed by atoms with Gasteiger partial charge in [0.15, 0.2) is 0 Å². The SMILES string of the molecule is CCc1ccnc(C(=O)N2CCCCC2C(=O)O)c1. The van der Waals surface area contributed by atoms with E-state index >= 15 is 0 Å². The minimum absolute atomic E-state index is 0.276. The summed E-state index contributed by atoms with van der Waals surface area (Å²) >= 11 is 0. The Morgan fingerprint density at radius 2 is 2.26 bits per heavy atom. The Bertz CT molecular complexity index is 487. The molecular formula is C14H18N2O3. The average molecular weight is 262 g/mol. The molecule has 1 saturated heterocycles. The molecule has 0 saturated carbocycles. The molecule has 0 aromatic carbocycles. The van der Waals surface area contributed by atoms with Crippen molar-refractivity contribution in [2.24, 2.45) is 0 Å². The van der Waals surface area contributed by atoms with E-state index in [-0.39, 0.29) is 5.91 Å². The van der Waals surface area contributed by atoms with Gasteiger partial charge >= 0.3 is 5.97 Å². The average Bonchev–Trinajstić information content (AvgIpc) is 2.46. The minimum Gasteiger partial charge on any atom is -0.480 e. The van der Waals surface area contributed by atoms with Crippen LogP contribution in [0.4, 0.5) is 0 Å². The van der Waals surface area contributed by atoms with Crippen LogP contribution in [0.2, 0.25) is 0 Å². The third-order valence-electron chi connectivity index (χ3n) is 3.50. The Kier molecular flexibility index (Phi) is 4.14. The van der Waals surface area contributed by atoms with Crippen molar-refractivity contribution in [3.05, 3.63) is 29.6 Å². The predicted molar refractivity (Wildman–Crippen MR) is 69.9 cm³/mol. The number of pyridine rings is 1. The number of carbonyl (C=O) groups excluding carboxylic acids is 1. The van der Waals surface area contributed by atoms with Crippen molar-refractivity contribution in [2.45, 2.75) is 38.6 Å². The van der Waals surface area contributed by atoms with Gasteiger partial charge in [-0.1, -0.05) is 6.92 Å². The van der Waals surface area contributed by atoms with E-state index in [1.165, 1.54) is 4.90 Å². The monoisotopic (exact) mass is 262 g/mol. The molecule has 0 aliphatic carbocycles. The van der Waals surface area contributed by atoms with Gasteiger partial charge in [-0.2, -0.15) is 0 Å². The first kappa shape index (κ1) is 13.5. The van der Waals surface area contributed by atoms with Crippen molar-refractivity contribution in [2.75, 3.05) is 6.54 Å². The standard InChI is InChI=1S/C14H18N2O3/c1-2-10-6-7-15-11(9-10)13(17)16-8-4-3-5-12(16)14(18)19/h6-7,9,12H,2-5,8H2,1H3,(H,18,19). The fourth-order valence-corrected chi connectivity index (χ4v) is 2.39. The number of aryl methyl sites for hydroxylation is 1. The summed E-state index contributed by atoms with van der Waals surface area (Å²) in [6, 6.07) is 2.89. The number of aromatic nitrogens is 1. The summed E-state index contributed by atoms with van der Waals surface area (Å²) in [4.78, 5) is 29.1. The number of carboxylic acids is 1. The van der Waals surface area contributed by atoms with Crippen LogP contribution < -0.4 is 0 Å². The van der Waals surface area contributed by atoms with Gasteiger partial charge in [-0.05, 0) is 43.4 Å². The molecule has 1 unspecified atom stereocenters. The minimum atomic E-state index is -0.931. The van der Waals surface area contributed by atoms with Crippen LogP contribution in [0.3, 0.4) is 0 Å². The fourth-order valence-electron chi connectivity index (χ4n) is 2.39. The number of piperidine rings is 1. The first-order valence-corrected chi connectivity index (χ1v) is 6.62. The molecule has 0 bridgehead atoms. The number of likely N-dealkylation sites (tertiary alicyclic amines) is 1. The molecule has 1 aliphatic rings. The highest BCUT2D eigenvalue weighted by Crippen LogP contribution is 2.19. The lowest BCUT2D eigenvalue weighted by molar-refractivity contribution is -0.143. The van der Waals surface area contributed by atoms with Crippen molar-refractivity contribution in [1.29, 1.82) is 0 Å². The highest BCUT2D eigenvalue weighted by Gasteiger charge is 2.32. The summed E-state index contributed by atoms with van der Waals surface area (Å²) in [6.07, 6.45) is 4.65. The van der Waals surface area contributed by atoms with Gasteiger partial charge in [-0.3, -0.25) is 9.78 Å². The molecule has 1 amide bonds. The molecule has 1 fully saturated rings. The second-order valence-electron chi connectivity index (χ2n) is 4.75. The molecule has 0 radical (unpaired) electrons. The number of carboxylic acid groups (broad SMARTS) is 1. The van der Waals surface area contributed by atoms with Crippen LogP contribution in [-0.4, -0.2) is 39.5 Å². The van der Waals surface area contributed by atoms with Crippen molar-refractivity contribution in [1.82, 2.24) is 9.88 Å². The maximum Gasteiger partial charge on any atom is 0.326 e. The molecule has 1 aromatic rings. The highest BCUT2D eigenvalue weighted by atomic mass is 16.4. The van der Waals surface area contributed by atoms with E-state index in [0.717, 1.165) is 24.8 Å². The first-order chi connectivity index (χ1) is 9.13. The van der Waals surface area contributed by atoms with Crippen LogP contribution in [0.5, 0.6) is 0 Å². The van der Waals surface area contributed by atoms with Gasteiger partial charge in [0.25, 0.3) is 5.91 Å². The zero-order chi connectivity index (χ0) is 13.8. The van der Waals surface area contributed by atoms with Gasteiger partial charge in [0.1, 0.15) is 11.7 Å². The molecule has 1 N–H and O–H groups in total. The maximum absolute atomic E-state index is 12.4. The summed E-state index contributed by atoms with van der Waals surface area (Å²) < 4.78 is 0. The van der Waals surface area contributed by atoms with E-state index in [1.807, 2.05) is 13.0 Å². The fraction of sp³-hybridized carbons (Fsp3) is 0.500. The third-order valence-corrected chi connectivity index (χ3v) is 3.50. The summed E-state index contributed by atoms with van der Waals surface area (Å²) in [6.45, 7) is 2.50. The zero-order valence-corrected chi connectivity index (χ0v) is 11.0. The molecule has 2 rings (SSSR count). The number of nitrogens with zero attached hydrogens (tertiary/aromatic N) is 2. The van der Waals surface area contributed by atoms with Crippen molar-refractivity contribution in [3.8, 4) is 0 Å². The summed E-state index contributed by atoms with van der Waals surface area (Å²) in [5, 5.41) is 9.19. The first-order valence-electron chi connectivity index (χ1n) is 6.62. The molecule has 19 heavy (non-hydrogen) atoms. The van der Waals surface area contributed by atoms with Crippen LogP contribution in [0.15, 0.2) is 18.3 Å². The lowest BCUT2D eigenvalue weighted by atomic mass is 10.0. The highest BCUT2D eigenvalue weighted by molar-refractivity contribution is 5.95. The number of rotatable bonds is 3. The number of amides is 1. The van der Waals surface area contributed by atoms with Crippen LogP contribution in [0.25, 0.3) is 0 Å². The van der Waals surface area contributed by atoms with E-state index < -0.39 is 12.0 Å². The quantitative estimate of drug-likeness (QED) is 0.900. The predicted octanol–water partition coefficient (Wildman–Crippen LogP) is 1.72. The van der Waals surface area contributed by atoms with Gasteiger partial charge in [-0.15, -0.1) is 0 Å². The van der Waals surface area contributed by atoms with Crippen molar-refractivity contribution >= 4 is 11.9 Å². The Morgan fingerprint density at radius 3 is 2.95 bits per heavy atom. The molecular weight excluding hydrogens is 244 g/mol. The third kappa shape index (κ3) is 2.92. The van der Waals surface area contributed by atoms with E-state index in [9.17, 15) is 14.7 Å². The topological polar surface area (TPSA) is 70.5 Å². The van der Waals surface area contributed by atoms with E-state index in [4.69, 9.17) is 0 Å². The van der Waals surface area contributed by atoms with E-state index in [2.05, 4.69) is 4.98 Å². The molecule has 5 nitrogen and oxygen atoms in total. The van der Waals surface area contributed by atoms with Crippen LogP contribution >= 0.6 is 0 Å². The second-order valence-corrected chi connectivity index (χ2v) is 4.75. The van der Waals surface area contributed by atoms with E-state index in [1.54, 1.807) is 12.3 Å². The van der Waals surface area contributed by atoms with Gasteiger partial charge < -0.3 is 10.0 Å². The molecule has 0 spiro atoms. The van der Waals surface area contributed by atoms with E-state index in [0.29, 0.717) is 18.7 Å². The lowest BCUT2D eigenvalue weighted by Gasteiger charge is -2.32. The Morgan fingerprint density at radius 1 is 1.47 bits per heavy atom. The summed E-state index contributed by atoms with van der Waals surface area (Å²) in [7, 11) is 0.